The van der Waals surface area contributed by atoms with Gasteiger partial charge in [-0.15, -0.1) is 0 Å². The fourth-order valence-corrected chi connectivity index (χ4v) is 2.66. The van der Waals surface area contributed by atoms with Crippen LogP contribution in [-0.4, -0.2) is 4.57 Å². The number of rotatable bonds is 0. The fraction of sp³-hybridized carbons (Fsp3) is 0. The lowest BCUT2D eigenvalue weighted by molar-refractivity contribution is 1.19. The van der Waals surface area contributed by atoms with Crippen molar-refractivity contribution in [2.45, 2.75) is 0 Å². The summed E-state index contributed by atoms with van der Waals surface area (Å²) in [6.45, 7) is 0. The maximum absolute atomic E-state index is 2.25. The van der Waals surface area contributed by atoms with Crippen molar-refractivity contribution in [1.29, 1.82) is 0 Å². The zero-order valence-corrected chi connectivity index (χ0v) is 10.5. The van der Waals surface area contributed by atoms with E-state index in [9.17, 15) is 0 Å². The van der Waals surface area contributed by atoms with Gasteiger partial charge in [-0.05, 0) is 34.7 Å². The van der Waals surface area contributed by atoms with Gasteiger partial charge >= 0.3 is 0 Å². The molecule has 1 heteroatoms. The van der Waals surface area contributed by atoms with E-state index in [0.717, 1.165) is 0 Å². The summed E-state index contributed by atoms with van der Waals surface area (Å²) in [6.07, 6.45) is 8.64. The van der Waals surface area contributed by atoms with Crippen molar-refractivity contribution in [3.05, 3.63) is 76.8 Å². The third-order valence-electron chi connectivity index (χ3n) is 3.59. The van der Waals surface area contributed by atoms with Crippen LogP contribution in [0.5, 0.6) is 0 Å². The minimum atomic E-state index is 1.22. The number of hydrogen-bond acceptors (Lipinski definition) is 0. The molecule has 4 rings (SSSR count). The molecule has 0 atom stereocenters. The molecule has 1 aliphatic rings. The van der Waals surface area contributed by atoms with Gasteiger partial charge in [0.25, 0.3) is 0 Å². The third kappa shape index (κ3) is 1.63. The SMILES string of the molecule is C1=Cn2c(cc3ccccc32)C=c2ccccc2=C1. The fourth-order valence-electron chi connectivity index (χ4n) is 2.66. The molecule has 0 saturated carbocycles. The Morgan fingerprint density at radius 2 is 1.58 bits per heavy atom. The molecule has 0 saturated heterocycles. The Bertz CT molecular complexity index is 910. The second kappa shape index (κ2) is 3.99. The molecule has 3 aromatic rings. The Labute approximate surface area is 111 Å². The zero-order chi connectivity index (χ0) is 12.7. The molecule has 0 unspecified atom stereocenters. The summed E-state index contributed by atoms with van der Waals surface area (Å²) < 4.78 is 2.24. The van der Waals surface area contributed by atoms with Crippen molar-refractivity contribution in [3.8, 4) is 0 Å². The van der Waals surface area contributed by atoms with Crippen LogP contribution in [0.15, 0.2) is 60.7 Å². The number of fused-ring (bicyclic) bond motifs is 4. The van der Waals surface area contributed by atoms with Gasteiger partial charge in [-0.25, -0.2) is 0 Å². The highest BCUT2D eigenvalue weighted by Gasteiger charge is 2.04. The second-order valence-electron chi connectivity index (χ2n) is 4.78. The number of benzene rings is 2. The van der Waals surface area contributed by atoms with Crippen molar-refractivity contribution in [2.24, 2.45) is 0 Å². The van der Waals surface area contributed by atoms with E-state index in [1.807, 2.05) is 0 Å². The van der Waals surface area contributed by atoms with Crippen LogP contribution in [0.4, 0.5) is 0 Å². The van der Waals surface area contributed by atoms with Crippen LogP contribution in [-0.2, 0) is 0 Å². The van der Waals surface area contributed by atoms with E-state index in [-0.39, 0.29) is 0 Å². The number of aromatic nitrogens is 1. The predicted molar refractivity (Wildman–Crippen MR) is 81.0 cm³/mol. The first-order valence-electron chi connectivity index (χ1n) is 6.47. The molecule has 1 aliphatic heterocycles. The molecular weight excluding hydrogens is 230 g/mol. The van der Waals surface area contributed by atoms with Gasteiger partial charge in [0.2, 0.25) is 0 Å². The topological polar surface area (TPSA) is 4.93 Å². The summed E-state index contributed by atoms with van der Waals surface area (Å²) in [5.41, 5.74) is 2.47. The van der Waals surface area contributed by atoms with Crippen LogP contribution in [0.25, 0.3) is 29.3 Å². The summed E-state index contributed by atoms with van der Waals surface area (Å²) in [4.78, 5) is 0. The standard InChI is InChI=1S/C18H13N/c1-2-7-15-12-17-13-16-8-3-4-10-18(16)19(17)11-5-9-14(15)6-1/h1-13H. The molecule has 0 bridgehead atoms. The van der Waals surface area contributed by atoms with E-state index in [4.69, 9.17) is 0 Å². The quantitative estimate of drug-likeness (QED) is 0.572. The number of hydrogen-bond donors (Lipinski definition) is 0. The Kier molecular flexibility index (Phi) is 2.18. The molecule has 2 aromatic carbocycles. The van der Waals surface area contributed by atoms with E-state index < -0.39 is 0 Å². The average molecular weight is 243 g/mol. The van der Waals surface area contributed by atoms with Crippen LogP contribution in [0, 0.1) is 0 Å². The van der Waals surface area contributed by atoms with Gasteiger partial charge in [0, 0.05) is 17.3 Å². The van der Waals surface area contributed by atoms with Gasteiger partial charge in [0.05, 0.1) is 5.52 Å². The third-order valence-corrected chi connectivity index (χ3v) is 3.59. The molecule has 0 N–H and O–H groups in total. The molecule has 90 valence electrons. The molecule has 2 heterocycles. The molecule has 0 spiro atoms. The molecule has 0 radical (unpaired) electrons. The van der Waals surface area contributed by atoms with Gasteiger partial charge in [0.15, 0.2) is 0 Å². The van der Waals surface area contributed by atoms with Crippen LogP contribution in [0.3, 0.4) is 0 Å². The van der Waals surface area contributed by atoms with Gasteiger partial charge in [-0.1, -0.05) is 48.5 Å². The van der Waals surface area contributed by atoms with E-state index >= 15 is 0 Å². The van der Waals surface area contributed by atoms with E-state index in [1.54, 1.807) is 0 Å². The number of allylic oxidation sites excluding steroid dienone is 1. The summed E-state index contributed by atoms with van der Waals surface area (Å²) in [5.74, 6) is 0. The van der Waals surface area contributed by atoms with Crippen molar-refractivity contribution < 1.29 is 0 Å². The zero-order valence-electron chi connectivity index (χ0n) is 10.5. The molecule has 1 nitrogen and oxygen atoms in total. The summed E-state index contributed by atoms with van der Waals surface area (Å²) in [6, 6.07) is 19.2. The van der Waals surface area contributed by atoms with Crippen LogP contribution >= 0.6 is 0 Å². The van der Waals surface area contributed by atoms with Crippen molar-refractivity contribution in [2.75, 3.05) is 0 Å². The lowest BCUT2D eigenvalue weighted by Gasteiger charge is -2.03. The molecule has 1 aromatic heterocycles. The predicted octanol–water partition coefficient (Wildman–Crippen LogP) is 2.73. The van der Waals surface area contributed by atoms with Crippen molar-refractivity contribution in [3.63, 3.8) is 0 Å². The normalized spacial score (nSPS) is 12.8. The van der Waals surface area contributed by atoms with Crippen LogP contribution < -0.4 is 10.4 Å². The smallest absolute Gasteiger partial charge is 0.0528 e. The molecule has 19 heavy (non-hydrogen) atoms. The maximum Gasteiger partial charge on any atom is 0.0528 e. The Balaban J connectivity index is 2.14. The van der Waals surface area contributed by atoms with Crippen LogP contribution in [0.2, 0.25) is 0 Å². The lowest BCUT2D eigenvalue weighted by Crippen LogP contribution is -2.24. The van der Waals surface area contributed by atoms with Gasteiger partial charge in [-0.2, -0.15) is 0 Å². The Morgan fingerprint density at radius 1 is 0.789 bits per heavy atom. The minimum Gasteiger partial charge on any atom is -0.317 e. The first kappa shape index (κ1) is 10.4. The van der Waals surface area contributed by atoms with Crippen molar-refractivity contribution in [1.82, 2.24) is 4.57 Å². The molecule has 0 aliphatic carbocycles. The lowest BCUT2D eigenvalue weighted by atomic mass is 10.2. The van der Waals surface area contributed by atoms with Crippen molar-refractivity contribution >= 4 is 29.3 Å². The summed E-state index contributed by atoms with van der Waals surface area (Å²) in [5, 5.41) is 3.80. The molecule has 0 amide bonds. The number of nitrogens with zero attached hydrogens (tertiary/aromatic N) is 1. The monoisotopic (exact) mass is 243 g/mol. The van der Waals surface area contributed by atoms with E-state index in [1.165, 1.54) is 27.0 Å². The van der Waals surface area contributed by atoms with E-state index in [0.29, 0.717) is 0 Å². The van der Waals surface area contributed by atoms with Crippen LogP contribution in [0.1, 0.15) is 5.69 Å². The number of para-hydroxylation sites is 1. The highest BCUT2D eigenvalue weighted by Crippen LogP contribution is 2.20. The van der Waals surface area contributed by atoms with Gasteiger partial charge < -0.3 is 4.57 Å². The highest BCUT2D eigenvalue weighted by atomic mass is 15.0. The summed E-state index contributed by atoms with van der Waals surface area (Å²) in [7, 11) is 0. The second-order valence-corrected chi connectivity index (χ2v) is 4.78. The van der Waals surface area contributed by atoms with Gasteiger partial charge in [-0.3, -0.25) is 0 Å². The average Bonchev–Trinajstić information content (AvgIpc) is 2.76. The maximum atomic E-state index is 2.25. The summed E-state index contributed by atoms with van der Waals surface area (Å²) >= 11 is 0. The first-order chi connectivity index (χ1) is 9.42. The van der Waals surface area contributed by atoms with Gasteiger partial charge in [0.1, 0.15) is 0 Å². The molecule has 0 fully saturated rings. The Morgan fingerprint density at radius 3 is 2.53 bits per heavy atom. The highest BCUT2D eigenvalue weighted by molar-refractivity contribution is 5.86. The molecular formula is C18H13N. The minimum absolute atomic E-state index is 1.22. The Hall–Kier alpha value is -2.54. The first-order valence-corrected chi connectivity index (χ1v) is 6.47. The van der Waals surface area contributed by atoms with E-state index in [2.05, 4.69) is 83.6 Å². The largest absolute Gasteiger partial charge is 0.317 e.